The van der Waals surface area contributed by atoms with Gasteiger partial charge in [0.25, 0.3) is 0 Å². The van der Waals surface area contributed by atoms with E-state index in [1.807, 2.05) is 13.8 Å². The lowest BCUT2D eigenvalue weighted by atomic mass is 9.65. The smallest absolute Gasteiger partial charge is 0.347 e. The molecule has 0 saturated carbocycles. The van der Waals surface area contributed by atoms with Crippen LogP contribution in [-0.4, -0.2) is 18.0 Å². The number of quaternary nitrogens is 1. The molecule has 3 unspecified atom stereocenters. The highest BCUT2D eigenvalue weighted by Crippen LogP contribution is 2.50. The Labute approximate surface area is 222 Å². The molecule has 198 valence electrons. The zero-order valence-corrected chi connectivity index (χ0v) is 22.9. The fourth-order valence-electron chi connectivity index (χ4n) is 5.44. The molecule has 0 amide bonds. The van der Waals surface area contributed by atoms with Crippen LogP contribution < -0.4 is 9.96 Å². The molecule has 1 heterocycles. The van der Waals surface area contributed by atoms with E-state index in [0.29, 0.717) is 5.76 Å². The Morgan fingerprint density at radius 1 is 1.00 bits per heavy atom. The molecule has 2 aliphatic carbocycles. The van der Waals surface area contributed by atoms with E-state index < -0.39 is 17.2 Å². The Morgan fingerprint density at radius 2 is 1.68 bits per heavy atom. The van der Waals surface area contributed by atoms with Crippen LogP contribution in [0.25, 0.3) is 0 Å². The SMILES string of the molecule is CC1=CC(c2cc(C)c(OC3C=CC3)c(C)c2C)C(C)(C)C(C)=C1O[NH+]([O-])c1ccc2c(c1)C(=O)OC2=O. The van der Waals surface area contributed by atoms with Gasteiger partial charge in [-0.05, 0) is 85.6 Å². The van der Waals surface area contributed by atoms with Gasteiger partial charge < -0.3 is 19.5 Å². The first-order valence-corrected chi connectivity index (χ1v) is 12.9. The first-order valence-electron chi connectivity index (χ1n) is 12.9. The van der Waals surface area contributed by atoms with Crippen LogP contribution in [0, 0.1) is 31.4 Å². The Balaban J connectivity index is 1.44. The van der Waals surface area contributed by atoms with Crippen molar-refractivity contribution in [3.8, 4) is 5.75 Å². The van der Waals surface area contributed by atoms with Crippen molar-refractivity contribution >= 4 is 17.6 Å². The van der Waals surface area contributed by atoms with Crippen molar-refractivity contribution < 1.29 is 29.1 Å². The normalized spacial score (nSPS) is 22.5. The Morgan fingerprint density at radius 3 is 2.34 bits per heavy atom. The Bertz CT molecular complexity index is 1460. The number of allylic oxidation sites excluding steroid dienone is 3. The van der Waals surface area contributed by atoms with Crippen LogP contribution in [0.3, 0.4) is 0 Å². The second-order valence-corrected chi connectivity index (χ2v) is 11.0. The number of hydrogen-bond donors (Lipinski definition) is 1. The maximum absolute atomic E-state index is 13.1. The van der Waals surface area contributed by atoms with Crippen LogP contribution in [-0.2, 0) is 9.57 Å². The monoisotopic (exact) mass is 515 g/mol. The van der Waals surface area contributed by atoms with Gasteiger partial charge in [-0.2, -0.15) is 0 Å². The molecule has 3 atom stereocenters. The molecule has 7 heteroatoms. The summed E-state index contributed by atoms with van der Waals surface area (Å²) in [6.45, 7) is 14.6. The van der Waals surface area contributed by atoms with Crippen molar-refractivity contribution in [3.05, 3.63) is 98.0 Å². The van der Waals surface area contributed by atoms with Gasteiger partial charge in [0, 0.05) is 24.5 Å². The molecule has 0 spiro atoms. The number of aryl methyl sites for hydroxylation is 1. The lowest BCUT2D eigenvalue weighted by Crippen LogP contribution is -3.00. The van der Waals surface area contributed by atoms with Crippen LogP contribution >= 0.6 is 0 Å². The molecule has 0 aromatic heterocycles. The average molecular weight is 516 g/mol. The summed E-state index contributed by atoms with van der Waals surface area (Å²) >= 11 is 0. The van der Waals surface area contributed by atoms with Gasteiger partial charge in [0.15, 0.2) is 11.4 Å². The summed E-state index contributed by atoms with van der Waals surface area (Å²) in [7, 11) is 0. The maximum Gasteiger partial charge on any atom is 0.347 e. The van der Waals surface area contributed by atoms with E-state index in [1.165, 1.54) is 29.3 Å². The van der Waals surface area contributed by atoms with Crippen LogP contribution in [0.4, 0.5) is 5.69 Å². The van der Waals surface area contributed by atoms with Crippen LogP contribution in [0.2, 0.25) is 0 Å². The number of esters is 2. The summed E-state index contributed by atoms with van der Waals surface area (Å²) in [6.07, 6.45) is 7.46. The zero-order valence-electron chi connectivity index (χ0n) is 22.9. The standard InChI is InChI=1S/C31H33NO6/c1-16-13-24(18(3)19(4)27(16)36-22-9-8-10-22)26-14-17(2)28(20(5)31(26,6)7)38-32(35)21-11-12-23-25(15-21)30(34)37-29(23)33/h8-9,11-15,22,26,32H,10H2,1-7H3. The van der Waals surface area contributed by atoms with Gasteiger partial charge in [-0.15, -0.1) is 5.23 Å². The first kappa shape index (κ1) is 25.9. The van der Waals surface area contributed by atoms with Crippen LogP contribution in [0.1, 0.15) is 83.0 Å². The van der Waals surface area contributed by atoms with Crippen molar-refractivity contribution in [1.82, 2.24) is 0 Å². The summed E-state index contributed by atoms with van der Waals surface area (Å²) in [5.74, 6) is 0.0903. The van der Waals surface area contributed by atoms with E-state index in [-0.39, 0.29) is 34.3 Å². The molecule has 38 heavy (non-hydrogen) atoms. The average Bonchev–Trinajstić information content (AvgIpc) is 3.13. The highest BCUT2D eigenvalue weighted by Gasteiger charge is 2.40. The molecule has 0 saturated heterocycles. The third kappa shape index (κ3) is 4.16. The van der Waals surface area contributed by atoms with Crippen molar-refractivity contribution in [1.29, 1.82) is 0 Å². The third-order valence-corrected chi connectivity index (χ3v) is 8.32. The van der Waals surface area contributed by atoms with Crippen molar-refractivity contribution in [2.45, 2.75) is 66.9 Å². The van der Waals surface area contributed by atoms with Gasteiger partial charge in [0.2, 0.25) is 0 Å². The number of carbonyl (C=O) groups excluding carboxylic acids is 2. The minimum atomic E-state index is -0.755. The van der Waals surface area contributed by atoms with Crippen molar-refractivity contribution in [2.24, 2.45) is 5.41 Å². The third-order valence-electron chi connectivity index (χ3n) is 8.32. The predicted molar refractivity (Wildman–Crippen MR) is 143 cm³/mol. The first-order chi connectivity index (χ1) is 17.9. The highest BCUT2D eigenvalue weighted by atomic mass is 16.9. The minimum Gasteiger partial charge on any atom is -0.585 e. The van der Waals surface area contributed by atoms with E-state index in [9.17, 15) is 14.8 Å². The molecule has 5 rings (SSSR count). The number of rotatable bonds is 6. The maximum atomic E-state index is 13.1. The molecule has 0 bridgehead atoms. The number of nitrogens with one attached hydrogen (secondary N) is 1. The Hall–Kier alpha value is -3.68. The van der Waals surface area contributed by atoms with Crippen LogP contribution in [0.15, 0.2) is 59.4 Å². The van der Waals surface area contributed by atoms with Gasteiger partial charge in [0.1, 0.15) is 11.9 Å². The van der Waals surface area contributed by atoms with Gasteiger partial charge in [-0.25, -0.2) is 9.59 Å². The summed E-state index contributed by atoms with van der Waals surface area (Å²) in [4.78, 5) is 29.6. The Kier molecular flexibility index (Phi) is 6.32. The summed E-state index contributed by atoms with van der Waals surface area (Å²) < 4.78 is 10.9. The van der Waals surface area contributed by atoms with E-state index in [4.69, 9.17) is 9.57 Å². The molecule has 0 fully saturated rings. The number of fused-ring (bicyclic) bond motifs is 1. The fraction of sp³-hybridized carbons (Fsp3) is 0.355. The lowest BCUT2D eigenvalue weighted by molar-refractivity contribution is -0.987. The van der Waals surface area contributed by atoms with Gasteiger partial charge in [0.05, 0.1) is 11.1 Å². The predicted octanol–water partition coefficient (Wildman–Crippen LogP) is 5.62. The van der Waals surface area contributed by atoms with E-state index in [2.05, 4.69) is 63.6 Å². The van der Waals surface area contributed by atoms with E-state index in [0.717, 1.165) is 34.4 Å². The topological polar surface area (TPSA) is 89.3 Å². The lowest BCUT2D eigenvalue weighted by Gasteiger charge is -2.40. The number of carbonyl (C=O) groups is 2. The van der Waals surface area contributed by atoms with Gasteiger partial charge >= 0.3 is 11.9 Å². The van der Waals surface area contributed by atoms with Crippen LogP contribution in [0.5, 0.6) is 5.75 Å². The summed E-state index contributed by atoms with van der Waals surface area (Å²) in [5.41, 5.74) is 6.58. The largest absolute Gasteiger partial charge is 0.585 e. The van der Waals surface area contributed by atoms with Crippen molar-refractivity contribution in [2.75, 3.05) is 0 Å². The summed E-state index contributed by atoms with van der Waals surface area (Å²) in [5, 5.41) is 12.5. The molecule has 7 nitrogen and oxygen atoms in total. The van der Waals surface area contributed by atoms with Crippen molar-refractivity contribution in [3.63, 3.8) is 0 Å². The fourth-order valence-corrected chi connectivity index (χ4v) is 5.44. The quantitative estimate of drug-likeness (QED) is 0.233. The number of hydrogen-bond acceptors (Lipinski definition) is 6. The van der Waals surface area contributed by atoms with E-state index >= 15 is 0 Å². The second-order valence-electron chi connectivity index (χ2n) is 11.0. The molecule has 2 aromatic rings. The molecule has 3 aliphatic rings. The molecule has 0 radical (unpaired) electrons. The molecular formula is C31H33NO6. The summed E-state index contributed by atoms with van der Waals surface area (Å²) in [6, 6.07) is 6.48. The molecular weight excluding hydrogens is 482 g/mol. The van der Waals surface area contributed by atoms with Gasteiger partial charge in [-0.3, -0.25) is 0 Å². The number of ether oxygens (including phenoxy) is 2. The zero-order chi connectivity index (χ0) is 27.5. The molecule has 1 N–H and O–H groups in total. The number of cyclic esters (lactones) is 2. The van der Waals surface area contributed by atoms with E-state index in [1.54, 1.807) is 0 Å². The highest BCUT2D eigenvalue weighted by molar-refractivity contribution is 6.15. The molecule has 2 aromatic carbocycles. The minimum absolute atomic E-state index is 0.0702. The van der Waals surface area contributed by atoms with Gasteiger partial charge in [-0.1, -0.05) is 32.1 Å². The number of benzene rings is 2. The molecule has 1 aliphatic heterocycles. The second kappa shape index (κ2) is 9.26.